The van der Waals surface area contributed by atoms with Crippen molar-refractivity contribution in [3.63, 3.8) is 0 Å². The molecule has 0 aromatic rings. The van der Waals surface area contributed by atoms with E-state index in [1.54, 1.807) is 13.0 Å². The highest BCUT2D eigenvalue weighted by molar-refractivity contribution is 5.21. The third-order valence-corrected chi connectivity index (χ3v) is 7.72. The second-order valence-corrected chi connectivity index (χ2v) is 9.87. The smallest absolute Gasteiger partial charge is 0.109 e. The monoisotopic (exact) mass is 354 g/mol. The Morgan fingerprint density at radius 1 is 1.00 bits per heavy atom. The van der Waals surface area contributed by atoms with E-state index < -0.39 is 47.0 Å². The van der Waals surface area contributed by atoms with Gasteiger partial charge < -0.3 is 25.2 Å². The van der Waals surface area contributed by atoms with E-state index in [1.807, 2.05) is 13.8 Å². The van der Waals surface area contributed by atoms with E-state index >= 15 is 0 Å². The van der Waals surface area contributed by atoms with Gasteiger partial charge in [-0.2, -0.15) is 0 Å². The standard InChI is InChI=1S/C20H34O5/c1-7-18(4)10-11(21)14-19(5)12(22)8-9-17(2,3)15(19)13(23)16(24)20(14,6)25-18/h7,11-16,21-24H,1,8-10H2,2-6H3/t11-,12+,13+,14-,15+,16+,18+,19-,20+/m1/s1. The number of hydrogen-bond donors (Lipinski definition) is 4. The van der Waals surface area contributed by atoms with Crippen LogP contribution in [0, 0.1) is 22.7 Å². The van der Waals surface area contributed by atoms with Gasteiger partial charge in [0.2, 0.25) is 0 Å². The van der Waals surface area contributed by atoms with E-state index in [-0.39, 0.29) is 11.3 Å². The first-order valence-corrected chi connectivity index (χ1v) is 9.39. The van der Waals surface area contributed by atoms with Crippen molar-refractivity contribution in [2.24, 2.45) is 22.7 Å². The van der Waals surface area contributed by atoms with Gasteiger partial charge in [0.1, 0.15) is 11.7 Å². The molecule has 1 saturated heterocycles. The predicted octanol–water partition coefficient (Wildman–Crippen LogP) is 1.63. The van der Waals surface area contributed by atoms with Gasteiger partial charge in [-0.05, 0) is 32.1 Å². The summed E-state index contributed by atoms with van der Waals surface area (Å²) in [5, 5.41) is 44.2. The maximum Gasteiger partial charge on any atom is 0.109 e. The fourth-order valence-electron chi connectivity index (χ4n) is 6.70. The van der Waals surface area contributed by atoms with Crippen LogP contribution in [0.5, 0.6) is 0 Å². The van der Waals surface area contributed by atoms with Gasteiger partial charge >= 0.3 is 0 Å². The van der Waals surface area contributed by atoms with Crippen LogP contribution in [0.2, 0.25) is 0 Å². The molecule has 2 aliphatic carbocycles. The van der Waals surface area contributed by atoms with Crippen LogP contribution in [0.25, 0.3) is 0 Å². The number of hydrogen-bond acceptors (Lipinski definition) is 5. The fraction of sp³-hybridized carbons (Fsp3) is 0.900. The number of aliphatic hydroxyl groups is 4. The van der Waals surface area contributed by atoms with Gasteiger partial charge in [-0.1, -0.05) is 26.8 Å². The topological polar surface area (TPSA) is 90.2 Å². The van der Waals surface area contributed by atoms with Crippen molar-refractivity contribution in [1.82, 2.24) is 0 Å². The Hall–Kier alpha value is -0.460. The first-order valence-electron chi connectivity index (χ1n) is 9.39. The van der Waals surface area contributed by atoms with Gasteiger partial charge in [-0.3, -0.25) is 0 Å². The van der Waals surface area contributed by atoms with E-state index in [0.29, 0.717) is 12.8 Å². The number of fused-ring (bicyclic) bond motifs is 3. The molecule has 25 heavy (non-hydrogen) atoms. The molecule has 0 unspecified atom stereocenters. The second-order valence-electron chi connectivity index (χ2n) is 9.87. The van der Waals surface area contributed by atoms with E-state index in [9.17, 15) is 20.4 Å². The molecule has 5 nitrogen and oxygen atoms in total. The summed E-state index contributed by atoms with van der Waals surface area (Å²) in [6.07, 6.45) is -0.223. The zero-order chi connectivity index (χ0) is 19.0. The van der Waals surface area contributed by atoms with Crippen molar-refractivity contribution in [2.75, 3.05) is 0 Å². The van der Waals surface area contributed by atoms with Gasteiger partial charge in [0, 0.05) is 23.7 Å². The van der Waals surface area contributed by atoms with Gasteiger partial charge in [0.25, 0.3) is 0 Å². The van der Waals surface area contributed by atoms with Crippen LogP contribution in [0.3, 0.4) is 0 Å². The largest absolute Gasteiger partial charge is 0.393 e. The number of ether oxygens (including phenoxy) is 1. The fourth-order valence-corrected chi connectivity index (χ4v) is 6.70. The highest BCUT2D eigenvalue weighted by Crippen LogP contribution is 2.65. The molecular formula is C20H34O5. The number of aliphatic hydroxyl groups excluding tert-OH is 4. The molecule has 2 saturated carbocycles. The Balaban J connectivity index is 2.18. The maximum atomic E-state index is 11.1. The maximum absolute atomic E-state index is 11.1. The van der Waals surface area contributed by atoms with Gasteiger partial charge in [0.15, 0.2) is 0 Å². The Labute approximate surface area is 150 Å². The quantitative estimate of drug-likeness (QED) is 0.537. The van der Waals surface area contributed by atoms with Crippen molar-refractivity contribution in [3.05, 3.63) is 12.7 Å². The SMILES string of the molecule is C=C[C@@]1(C)C[C@@H](O)[C@H]2[C@](C)(O1)[C@@H](O)[C@@H](O)[C@H]1C(C)(C)CC[C@H](O)[C@@]12C. The van der Waals surface area contributed by atoms with Crippen molar-refractivity contribution >= 4 is 0 Å². The summed E-state index contributed by atoms with van der Waals surface area (Å²) in [5.41, 5.74) is -2.96. The molecule has 0 radical (unpaired) electrons. The molecular weight excluding hydrogens is 320 g/mol. The van der Waals surface area contributed by atoms with Crippen molar-refractivity contribution in [2.45, 2.75) is 89.5 Å². The van der Waals surface area contributed by atoms with Crippen molar-refractivity contribution < 1.29 is 25.2 Å². The lowest BCUT2D eigenvalue weighted by Crippen LogP contribution is -2.78. The van der Waals surface area contributed by atoms with Gasteiger partial charge in [-0.15, -0.1) is 6.58 Å². The van der Waals surface area contributed by atoms with Crippen molar-refractivity contribution in [3.8, 4) is 0 Å². The minimum Gasteiger partial charge on any atom is -0.393 e. The zero-order valence-corrected chi connectivity index (χ0v) is 16.1. The molecule has 1 heterocycles. The average molecular weight is 354 g/mol. The van der Waals surface area contributed by atoms with Crippen LogP contribution in [-0.2, 0) is 4.74 Å². The average Bonchev–Trinajstić information content (AvgIpc) is 2.48. The summed E-state index contributed by atoms with van der Waals surface area (Å²) in [6.45, 7) is 13.5. The van der Waals surface area contributed by atoms with Crippen LogP contribution in [0.15, 0.2) is 12.7 Å². The molecule has 3 rings (SSSR count). The summed E-state index contributed by atoms with van der Waals surface area (Å²) in [6, 6.07) is 0. The van der Waals surface area contributed by atoms with Crippen LogP contribution in [-0.4, -0.2) is 56.0 Å². The summed E-state index contributed by atoms with van der Waals surface area (Å²) in [5.74, 6) is -0.811. The third-order valence-electron chi connectivity index (χ3n) is 7.72. The lowest BCUT2D eigenvalue weighted by Gasteiger charge is -2.69. The molecule has 0 amide bonds. The Kier molecular flexibility index (Phi) is 4.26. The normalized spacial score (nSPS) is 58.1. The van der Waals surface area contributed by atoms with E-state index in [2.05, 4.69) is 20.4 Å². The first kappa shape index (κ1) is 19.3. The van der Waals surface area contributed by atoms with Crippen LogP contribution in [0.4, 0.5) is 0 Å². The summed E-state index contributed by atoms with van der Waals surface area (Å²) < 4.78 is 6.30. The Morgan fingerprint density at radius 2 is 1.60 bits per heavy atom. The summed E-state index contributed by atoms with van der Waals surface area (Å²) >= 11 is 0. The molecule has 3 aliphatic rings. The third kappa shape index (κ3) is 2.39. The molecule has 4 N–H and O–H groups in total. The molecule has 0 aromatic carbocycles. The molecule has 1 aliphatic heterocycles. The van der Waals surface area contributed by atoms with Gasteiger partial charge in [-0.25, -0.2) is 0 Å². The van der Waals surface area contributed by atoms with Crippen LogP contribution in [0.1, 0.15) is 53.9 Å². The lowest BCUT2D eigenvalue weighted by molar-refractivity contribution is -0.352. The minimum absolute atomic E-state index is 0.255. The lowest BCUT2D eigenvalue weighted by atomic mass is 9.41. The van der Waals surface area contributed by atoms with E-state index in [0.717, 1.165) is 6.42 Å². The van der Waals surface area contributed by atoms with Crippen LogP contribution < -0.4 is 0 Å². The molecule has 0 spiro atoms. The molecule has 0 bridgehead atoms. The number of rotatable bonds is 1. The first-order chi connectivity index (χ1) is 11.3. The predicted molar refractivity (Wildman–Crippen MR) is 94.8 cm³/mol. The molecule has 0 aromatic heterocycles. The van der Waals surface area contributed by atoms with E-state index in [4.69, 9.17) is 4.74 Å². The van der Waals surface area contributed by atoms with Gasteiger partial charge in [0.05, 0.1) is 23.9 Å². The molecule has 3 fully saturated rings. The van der Waals surface area contributed by atoms with Crippen molar-refractivity contribution in [1.29, 1.82) is 0 Å². The summed E-state index contributed by atoms with van der Waals surface area (Å²) in [7, 11) is 0. The molecule has 9 atom stereocenters. The Bertz CT molecular complexity index is 562. The zero-order valence-electron chi connectivity index (χ0n) is 16.1. The highest BCUT2D eigenvalue weighted by Gasteiger charge is 2.72. The second kappa shape index (κ2) is 5.52. The highest BCUT2D eigenvalue weighted by atomic mass is 16.5. The Morgan fingerprint density at radius 3 is 2.16 bits per heavy atom. The molecule has 144 valence electrons. The minimum atomic E-state index is -1.17. The summed E-state index contributed by atoms with van der Waals surface area (Å²) in [4.78, 5) is 0. The molecule has 5 heteroatoms. The van der Waals surface area contributed by atoms with E-state index in [1.165, 1.54) is 0 Å². The van der Waals surface area contributed by atoms with Crippen LogP contribution >= 0.6 is 0 Å².